The van der Waals surface area contributed by atoms with Crippen molar-refractivity contribution >= 4 is 17.3 Å². The van der Waals surface area contributed by atoms with Crippen LogP contribution in [0, 0.1) is 6.92 Å². The molecule has 0 aliphatic rings. The molecule has 3 heteroatoms. The van der Waals surface area contributed by atoms with E-state index in [1.807, 2.05) is 0 Å². The molecule has 0 fully saturated rings. The van der Waals surface area contributed by atoms with Gasteiger partial charge in [0.05, 0.1) is 6.04 Å². The third-order valence-electron chi connectivity index (χ3n) is 2.61. The molecule has 0 aliphatic carbocycles. The van der Waals surface area contributed by atoms with Gasteiger partial charge in [-0.3, -0.25) is 0 Å². The molecule has 94 valence electrons. The first kappa shape index (κ1) is 14.0. The van der Waals surface area contributed by atoms with Crippen LogP contribution in [0.3, 0.4) is 0 Å². The van der Waals surface area contributed by atoms with Gasteiger partial charge in [-0.15, -0.1) is 0 Å². The predicted octanol–water partition coefficient (Wildman–Crippen LogP) is 3.32. The minimum atomic E-state index is 0.286. The maximum Gasteiger partial charge on any atom is 0.166 e. The summed E-state index contributed by atoms with van der Waals surface area (Å²) in [6.07, 6.45) is 1.02. The van der Waals surface area contributed by atoms with Crippen molar-refractivity contribution in [3.8, 4) is 0 Å². The highest BCUT2D eigenvalue weighted by atomic mass is 32.1. The lowest BCUT2D eigenvalue weighted by Gasteiger charge is -2.21. The number of rotatable bonds is 4. The summed E-state index contributed by atoms with van der Waals surface area (Å²) >= 11 is 5.28. The van der Waals surface area contributed by atoms with Crippen LogP contribution < -0.4 is 10.6 Å². The first-order valence-electron chi connectivity index (χ1n) is 6.16. The second-order valence-corrected chi connectivity index (χ2v) is 5.05. The molecule has 0 aromatic heterocycles. The molecule has 0 saturated carbocycles. The summed E-state index contributed by atoms with van der Waals surface area (Å²) in [7, 11) is 0. The lowest BCUT2D eigenvalue weighted by Crippen LogP contribution is -2.40. The average molecular weight is 250 g/mol. The Hall–Kier alpha value is -1.09. The minimum absolute atomic E-state index is 0.286. The third-order valence-corrected chi connectivity index (χ3v) is 2.85. The van der Waals surface area contributed by atoms with E-state index < -0.39 is 0 Å². The highest BCUT2D eigenvalue weighted by Crippen LogP contribution is 2.16. The Balaban J connectivity index is 2.65. The van der Waals surface area contributed by atoms with Crippen LogP contribution in [0.1, 0.15) is 44.4 Å². The first-order chi connectivity index (χ1) is 8.02. The van der Waals surface area contributed by atoms with E-state index in [1.165, 1.54) is 11.1 Å². The molecule has 0 amide bonds. The maximum atomic E-state index is 5.28. The first-order valence-corrected chi connectivity index (χ1v) is 6.57. The number of hydrogen-bond donors (Lipinski definition) is 2. The Bertz CT molecular complexity index is 357. The zero-order chi connectivity index (χ0) is 12.8. The monoisotopic (exact) mass is 250 g/mol. The fourth-order valence-corrected chi connectivity index (χ4v) is 2.06. The maximum absolute atomic E-state index is 5.28. The molecule has 1 unspecified atom stereocenters. The van der Waals surface area contributed by atoms with E-state index >= 15 is 0 Å². The van der Waals surface area contributed by atoms with Gasteiger partial charge in [0.1, 0.15) is 0 Å². The van der Waals surface area contributed by atoms with Crippen LogP contribution in [0.4, 0.5) is 0 Å². The van der Waals surface area contributed by atoms with Gasteiger partial charge in [0.15, 0.2) is 5.11 Å². The second kappa shape index (κ2) is 6.60. The largest absolute Gasteiger partial charge is 0.361 e. The van der Waals surface area contributed by atoms with Crippen LogP contribution in [-0.2, 0) is 0 Å². The molecule has 0 saturated heterocycles. The molecular formula is C14H22N2S. The van der Waals surface area contributed by atoms with Crippen LogP contribution in [0.25, 0.3) is 0 Å². The SMILES string of the molecule is CCC(NC(=S)NC(C)C)c1ccc(C)cc1. The zero-order valence-electron chi connectivity index (χ0n) is 11.1. The molecule has 1 rings (SSSR count). The van der Waals surface area contributed by atoms with Crippen molar-refractivity contribution in [2.45, 2.75) is 46.2 Å². The standard InChI is InChI=1S/C14H22N2S/c1-5-13(16-14(17)15-10(2)3)12-8-6-11(4)7-9-12/h6-10,13H,5H2,1-4H3,(H2,15,16,17). The van der Waals surface area contributed by atoms with E-state index in [0.717, 1.165) is 11.5 Å². The van der Waals surface area contributed by atoms with Crippen LogP contribution in [0.5, 0.6) is 0 Å². The summed E-state index contributed by atoms with van der Waals surface area (Å²) in [6, 6.07) is 9.25. The lowest BCUT2D eigenvalue weighted by atomic mass is 10.0. The summed E-state index contributed by atoms with van der Waals surface area (Å²) in [5.41, 5.74) is 2.57. The zero-order valence-corrected chi connectivity index (χ0v) is 11.9. The molecule has 1 aromatic carbocycles. The highest BCUT2D eigenvalue weighted by Gasteiger charge is 2.10. The van der Waals surface area contributed by atoms with Gasteiger partial charge in [-0.1, -0.05) is 36.8 Å². The summed E-state index contributed by atoms with van der Waals surface area (Å²) in [6.45, 7) is 8.43. The van der Waals surface area contributed by atoms with Gasteiger partial charge >= 0.3 is 0 Å². The summed E-state index contributed by atoms with van der Waals surface area (Å²) < 4.78 is 0. The van der Waals surface area contributed by atoms with E-state index in [0.29, 0.717) is 6.04 Å². The molecule has 2 N–H and O–H groups in total. The van der Waals surface area contributed by atoms with Crippen molar-refractivity contribution in [3.05, 3.63) is 35.4 Å². The molecule has 1 aromatic rings. The Kier molecular flexibility index (Phi) is 5.42. The Labute approximate surface area is 110 Å². The average Bonchev–Trinajstić information content (AvgIpc) is 2.26. The Morgan fingerprint density at radius 3 is 2.24 bits per heavy atom. The lowest BCUT2D eigenvalue weighted by molar-refractivity contribution is 0.604. The topological polar surface area (TPSA) is 24.1 Å². The van der Waals surface area contributed by atoms with E-state index in [1.54, 1.807) is 0 Å². The second-order valence-electron chi connectivity index (χ2n) is 4.64. The number of thiocarbonyl (C=S) groups is 1. The van der Waals surface area contributed by atoms with E-state index in [9.17, 15) is 0 Å². The molecule has 0 radical (unpaired) electrons. The summed E-state index contributed by atoms with van der Waals surface area (Å²) in [5.74, 6) is 0. The van der Waals surface area contributed by atoms with Crippen LogP contribution in [0.15, 0.2) is 24.3 Å². The van der Waals surface area contributed by atoms with Crippen molar-refractivity contribution in [2.75, 3.05) is 0 Å². The summed E-state index contributed by atoms with van der Waals surface area (Å²) in [4.78, 5) is 0. The van der Waals surface area contributed by atoms with E-state index in [-0.39, 0.29) is 6.04 Å². The van der Waals surface area contributed by atoms with Crippen LogP contribution in [-0.4, -0.2) is 11.2 Å². The Morgan fingerprint density at radius 2 is 1.76 bits per heavy atom. The molecule has 1 atom stereocenters. The van der Waals surface area contributed by atoms with Crippen LogP contribution >= 0.6 is 12.2 Å². The Morgan fingerprint density at radius 1 is 1.18 bits per heavy atom. The van der Waals surface area contributed by atoms with Gasteiger partial charge < -0.3 is 10.6 Å². The van der Waals surface area contributed by atoms with Gasteiger partial charge in [-0.25, -0.2) is 0 Å². The fraction of sp³-hybridized carbons (Fsp3) is 0.500. The normalized spacial score (nSPS) is 12.3. The predicted molar refractivity (Wildman–Crippen MR) is 78.2 cm³/mol. The van der Waals surface area contributed by atoms with Crippen molar-refractivity contribution in [1.82, 2.24) is 10.6 Å². The van der Waals surface area contributed by atoms with Gasteiger partial charge in [0.25, 0.3) is 0 Å². The van der Waals surface area contributed by atoms with Crippen molar-refractivity contribution in [1.29, 1.82) is 0 Å². The van der Waals surface area contributed by atoms with Crippen molar-refractivity contribution < 1.29 is 0 Å². The fourth-order valence-electron chi connectivity index (χ4n) is 1.68. The van der Waals surface area contributed by atoms with Gasteiger partial charge in [-0.2, -0.15) is 0 Å². The van der Waals surface area contributed by atoms with E-state index in [2.05, 4.69) is 62.6 Å². The van der Waals surface area contributed by atoms with Gasteiger partial charge in [0, 0.05) is 6.04 Å². The van der Waals surface area contributed by atoms with Gasteiger partial charge in [-0.05, 0) is 45.0 Å². The van der Waals surface area contributed by atoms with Crippen molar-refractivity contribution in [2.24, 2.45) is 0 Å². The van der Waals surface area contributed by atoms with Crippen molar-refractivity contribution in [3.63, 3.8) is 0 Å². The summed E-state index contributed by atoms with van der Waals surface area (Å²) in [5, 5.41) is 7.29. The molecule has 2 nitrogen and oxygen atoms in total. The molecule has 0 aliphatic heterocycles. The molecular weight excluding hydrogens is 228 g/mol. The molecule has 0 bridgehead atoms. The quantitative estimate of drug-likeness (QED) is 0.802. The molecule has 0 spiro atoms. The third kappa shape index (κ3) is 4.73. The minimum Gasteiger partial charge on any atom is -0.361 e. The number of nitrogens with one attached hydrogen (secondary N) is 2. The smallest absolute Gasteiger partial charge is 0.166 e. The van der Waals surface area contributed by atoms with Crippen LogP contribution in [0.2, 0.25) is 0 Å². The number of hydrogen-bond acceptors (Lipinski definition) is 1. The molecule has 0 heterocycles. The number of benzene rings is 1. The van der Waals surface area contributed by atoms with E-state index in [4.69, 9.17) is 12.2 Å². The highest BCUT2D eigenvalue weighted by molar-refractivity contribution is 7.80. The van der Waals surface area contributed by atoms with Gasteiger partial charge in [0.2, 0.25) is 0 Å². The number of aryl methyl sites for hydroxylation is 1. The molecule has 17 heavy (non-hydrogen) atoms.